The Balaban J connectivity index is 2.06. The van der Waals surface area contributed by atoms with Gasteiger partial charge in [0.05, 0.1) is 0 Å². The molecule has 0 fully saturated rings. The van der Waals surface area contributed by atoms with Crippen LogP contribution in [-0.2, 0) is 5.88 Å². The molecule has 0 saturated carbocycles. The highest BCUT2D eigenvalue weighted by Gasteiger charge is 2.08. The molecule has 0 aliphatic carbocycles. The summed E-state index contributed by atoms with van der Waals surface area (Å²) in [5, 5.41) is 2.42. The average Bonchev–Trinajstić information content (AvgIpc) is 2.50. The minimum Gasteiger partial charge on any atom is -0.457 e. The van der Waals surface area contributed by atoms with Gasteiger partial charge in [0.2, 0.25) is 0 Å². The van der Waals surface area contributed by atoms with Gasteiger partial charge >= 0.3 is 0 Å². The topological polar surface area (TPSA) is 9.23 Å². The lowest BCUT2D eigenvalue weighted by Crippen LogP contribution is -1.90. The Bertz CT molecular complexity index is 802. The van der Waals surface area contributed by atoms with Crippen molar-refractivity contribution in [1.29, 1.82) is 0 Å². The molecule has 0 amide bonds. The van der Waals surface area contributed by atoms with Gasteiger partial charge in [-0.05, 0) is 29.8 Å². The SMILES string of the molecule is Fc1cc(CCl)cc(Oc2ccc(Cl)c3ccccc23)c1. The largest absolute Gasteiger partial charge is 0.457 e. The Morgan fingerprint density at radius 3 is 2.48 bits per heavy atom. The highest BCUT2D eigenvalue weighted by atomic mass is 35.5. The lowest BCUT2D eigenvalue weighted by molar-refractivity contribution is 0.481. The van der Waals surface area contributed by atoms with Crippen LogP contribution in [0.3, 0.4) is 0 Å². The van der Waals surface area contributed by atoms with E-state index in [4.69, 9.17) is 27.9 Å². The second-order valence-electron chi connectivity index (χ2n) is 4.62. The van der Waals surface area contributed by atoms with Gasteiger partial charge in [-0.15, -0.1) is 11.6 Å². The van der Waals surface area contributed by atoms with E-state index in [0.29, 0.717) is 22.1 Å². The molecule has 0 atom stereocenters. The highest BCUT2D eigenvalue weighted by molar-refractivity contribution is 6.35. The smallest absolute Gasteiger partial charge is 0.135 e. The van der Waals surface area contributed by atoms with Crippen molar-refractivity contribution in [2.24, 2.45) is 0 Å². The van der Waals surface area contributed by atoms with Crippen LogP contribution in [0, 0.1) is 5.82 Å². The fourth-order valence-corrected chi connectivity index (χ4v) is 2.59. The first-order valence-corrected chi connectivity index (χ1v) is 7.29. The summed E-state index contributed by atoms with van der Waals surface area (Å²) in [4.78, 5) is 0. The standard InChI is InChI=1S/C17H11Cl2FO/c18-10-11-7-12(20)9-13(8-11)21-17-6-5-16(19)14-3-1-2-4-15(14)17/h1-9H,10H2. The molecule has 0 spiro atoms. The Labute approximate surface area is 131 Å². The minimum absolute atomic E-state index is 0.232. The maximum atomic E-state index is 13.5. The number of rotatable bonds is 3. The molecule has 3 aromatic rings. The first kappa shape index (κ1) is 14.2. The first-order valence-electron chi connectivity index (χ1n) is 6.38. The zero-order chi connectivity index (χ0) is 14.8. The summed E-state index contributed by atoms with van der Waals surface area (Å²) in [6, 6.07) is 15.6. The Kier molecular flexibility index (Phi) is 4.00. The van der Waals surface area contributed by atoms with Crippen LogP contribution in [0.15, 0.2) is 54.6 Å². The third-order valence-corrected chi connectivity index (χ3v) is 3.78. The summed E-state index contributed by atoms with van der Waals surface area (Å²) in [7, 11) is 0. The maximum absolute atomic E-state index is 13.5. The Morgan fingerprint density at radius 2 is 1.71 bits per heavy atom. The van der Waals surface area contributed by atoms with Gasteiger partial charge in [-0.25, -0.2) is 4.39 Å². The summed E-state index contributed by atoms with van der Waals surface area (Å²) < 4.78 is 19.3. The zero-order valence-electron chi connectivity index (χ0n) is 10.9. The third kappa shape index (κ3) is 2.97. The van der Waals surface area contributed by atoms with Gasteiger partial charge in [0.25, 0.3) is 0 Å². The zero-order valence-corrected chi connectivity index (χ0v) is 12.5. The average molecular weight is 321 g/mol. The molecule has 0 radical (unpaired) electrons. The molecule has 1 nitrogen and oxygen atoms in total. The molecule has 0 aliphatic rings. The normalized spacial score (nSPS) is 10.8. The summed E-state index contributed by atoms with van der Waals surface area (Å²) in [6.07, 6.45) is 0. The molecule has 0 heterocycles. The van der Waals surface area contributed by atoms with E-state index in [1.54, 1.807) is 18.2 Å². The van der Waals surface area contributed by atoms with Crippen molar-refractivity contribution in [2.75, 3.05) is 0 Å². The molecule has 4 heteroatoms. The van der Waals surface area contributed by atoms with Crippen molar-refractivity contribution in [3.63, 3.8) is 0 Å². The van der Waals surface area contributed by atoms with Crippen molar-refractivity contribution >= 4 is 34.0 Å². The summed E-state index contributed by atoms with van der Waals surface area (Å²) >= 11 is 11.9. The summed E-state index contributed by atoms with van der Waals surface area (Å²) in [5.74, 6) is 0.899. The van der Waals surface area contributed by atoms with Crippen LogP contribution in [0.2, 0.25) is 5.02 Å². The molecule has 0 bridgehead atoms. The second-order valence-corrected chi connectivity index (χ2v) is 5.30. The molecular weight excluding hydrogens is 310 g/mol. The predicted octanol–water partition coefficient (Wildman–Crippen LogP) is 6.16. The van der Waals surface area contributed by atoms with E-state index in [1.807, 2.05) is 24.3 Å². The van der Waals surface area contributed by atoms with Gasteiger partial charge in [0.1, 0.15) is 17.3 Å². The molecule has 0 N–H and O–H groups in total. The van der Waals surface area contributed by atoms with Crippen LogP contribution in [-0.4, -0.2) is 0 Å². The fraction of sp³-hybridized carbons (Fsp3) is 0.0588. The number of hydrogen-bond acceptors (Lipinski definition) is 1. The molecule has 0 aromatic heterocycles. The van der Waals surface area contributed by atoms with Crippen LogP contribution in [0.25, 0.3) is 10.8 Å². The van der Waals surface area contributed by atoms with Crippen LogP contribution in [0.1, 0.15) is 5.56 Å². The number of fused-ring (bicyclic) bond motifs is 1. The molecular formula is C17H11Cl2FO. The van der Waals surface area contributed by atoms with Crippen LogP contribution in [0.4, 0.5) is 4.39 Å². The van der Waals surface area contributed by atoms with E-state index in [0.717, 1.165) is 10.8 Å². The van der Waals surface area contributed by atoms with Gasteiger partial charge in [-0.1, -0.05) is 35.9 Å². The van der Waals surface area contributed by atoms with Crippen LogP contribution >= 0.6 is 23.2 Å². The molecule has 3 aromatic carbocycles. The quantitative estimate of drug-likeness (QED) is 0.525. The third-order valence-electron chi connectivity index (χ3n) is 3.14. The summed E-state index contributed by atoms with van der Waals surface area (Å²) in [6.45, 7) is 0. The van der Waals surface area contributed by atoms with E-state index in [9.17, 15) is 4.39 Å². The molecule has 106 valence electrons. The van der Waals surface area contributed by atoms with E-state index >= 15 is 0 Å². The van der Waals surface area contributed by atoms with Crippen LogP contribution < -0.4 is 4.74 Å². The number of hydrogen-bond donors (Lipinski definition) is 0. The number of halogens is 3. The van der Waals surface area contributed by atoms with Gasteiger partial charge < -0.3 is 4.74 Å². The highest BCUT2D eigenvalue weighted by Crippen LogP contribution is 2.34. The maximum Gasteiger partial charge on any atom is 0.135 e. The minimum atomic E-state index is -0.374. The van der Waals surface area contributed by atoms with Gasteiger partial charge in [-0.2, -0.15) is 0 Å². The Hall–Kier alpha value is -1.77. The lowest BCUT2D eigenvalue weighted by atomic mass is 10.1. The number of alkyl halides is 1. The molecule has 0 saturated heterocycles. The monoisotopic (exact) mass is 320 g/mol. The number of benzene rings is 3. The predicted molar refractivity (Wildman–Crippen MR) is 85.0 cm³/mol. The van der Waals surface area contributed by atoms with Gasteiger partial charge in [0.15, 0.2) is 0 Å². The van der Waals surface area contributed by atoms with Gasteiger partial charge in [0, 0.05) is 27.7 Å². The lowest BCUT2D eigenvalue weighted by Gasteiger charge is -2.11. The van der Waals surface area contributed by atoms with Crippen LogP contribution in [0.5, 0.6) is 11.5 Å². The van der Waals surface area contributed by atoms with E-state index in [-0.39, 0.29) is 11.7 Å². The fourth-order valence-electron chi connectivity index (χ4n) is 2.21. The molecule has 21 heavy (non-hydrogen) atoms. The van der Waals surface area contributed by atoms with Gasteiger partial charge in [-0.3, -0.25) is 0 Å². The van der Waals surface area contributed by atoms with Crippen molar-refractivity contribution in [3.8, 4) is 11.5 Å². The van der Waals surface area contributed by atoms with E-state index in [2.05, 4.69) is 0 Å². The summed E-state index contributed by atoms with van der Waals surface area (Å²) in [5.41, 5.74) is 0.671. The first-order chi connectivity index (χ1) is 10.2. The van der Waals surface area contributed by atoms with Crippen molar-refractivity contribution in [1.82, 2.24) is 0 Å². The van der Waals surface area contributed by atoms with Crippen molar-refractivity contribution in [3.05, 3.63) is 71.0 Å². The Morgan fingerprint density at radius 1 is 0.952 bits per heavy atom. The van der Waals surface area contributed by atoms with Crippen molar-refractivity contribution in [2.45, 2.75) is 5.88 Å². The van der Waals surface area contributed by atoms with E-state index in [1.165, 1.54) is 12.1 Å². The second kappa shape index (κ2) is 5.92. The molecule has 0 unspecified atom stereocenters. The van der Waals surface area contributed by atoms with Crippen molar-refractivity contribution < 1.29 is 9.13 Å². The number of ether oxygens (including phenoxy) is 1. The molecule has 3 rings (SSSR count). The van der Waals surface area contributed by atoms with E-state index < -0.39 is 0 Å². The molecule has 0 aliphatic heterocycles.